The maximum Gasteiger partial charge on any atom is 0.134 e. The molecule has 0 unspecified atom stereocenters. The molecular weight excluding hydrogens is 451 g/mol. The molecule has 0 fully saturated rings. The van der Waals surface area contributed by atoms with E-state index in [1.165, 1.54) is 29.7 Å². The van der Waals surface area contributed by atoms with Gasteiger partial charge in [-0.1, -0.05) is 55.8 Å². The molecule has 0 amide bonds. The van der Waals surface area contributed by atoms with Crippen LogP contribution in [0.25, 0.3) is 22.9 Å². The maximum atomic E-state index is 9.58. The molecule has 0 saturated heterocycles. The van der Waals surface area contributed by atoms with E-state index in [0.29, 0.717) is 5.57 Å². The molecule has 4 heteroatoms. The molecule has 0 radical (unpaired) electrons. The Bertz CT molecular complexity index is 949. The van der Waals surface area contributed by atoms with E-state index in [4.69, 9.17) is 4.98 Å². The monoisotopic (exact) mass is 470 g/mol. The SMILES string of the molecule is CCCCc1ccc(-c2csc(/C(C#N)=C/c3ccccc3I)n2)cc1. The number of halogens is 1. The summed E-state index contributed by atoms with van der Waals surface area (Å²) in [5.74, 6) is 0. The van der Waals surface area contributed by atoms with Crippen LogP contribution >= 0.6 is 33.9 Å². The number of nitrogens with zero attached hydrogens (tertiary/aromatic N) is 2. The van der Waals surface area contributed by atoms with Crippen LogP contribution in [0.1, 0.15) is 35.9 Å². The first-order valence-corrected chi connectivity index (χ1v) is 10.6. The molecule has 0 atom stereocenters. The first-order chi connectivity index (χ1) is 12.7. The van der Waals surface area contributed by atoms with E-state index in [1.807, 2.05) is 35.7 Å². The fourth-order valence-corrected chi connectivity index (χ4v) is 3.98. The number of allylic oxidation sites excluding steroid dienone is 1. The number of hydrogen-bond donors (Lipinski definition) is 0. The van der Waals surface area contributed by atoms with E-state index in [-0.39, 0.29) is 0 Å². The third-order valence-electron chi connectivity index (χ3n) is 4.13. The van der Waals surface area contributed by atoms with Gasteiger partial charge in [-0.3, -0.25) is 0 Å². The molecule has 1 heterocycles. The van der Waals surface area contributed by atoms with Gasteiger partial charge in [0.15, 0.2) is 0 Å². The molecular formula is C22H19IN2S. The van der Waals surface area contributed by atoms with Crippen molar-refractivity contribution in [2.45, 2.75) is 26.2 Å². The fraction of sp³-hybridized carbons (Fsp3) is 0.182. The first kappa shape index (κ1) is 18.8. The van der Waals surface area contributed by atoms with Crippen LogP contribution < -0.4 is 0 Å². The van der Waals surface area contributed by atoms with Gasteiger partial charge in [0, 0.05) is 14.5 Å². The Kier molecular flexibility index (Phi) is 6.59. The van der Waals surface area contributed by atoms with E-state index in [2.05, 4.69) is 59.8 Å². The van der Waals surface area contributed by atoms with Gasteiger partial charge in [0.25, 0.3) is 0 Å². The van der Waals surface area contributed by atoms with Crippen molar-refractivity contribution >= 4 is 45.6 Å². The van der Waals surface area contributed by atoms with Gasteiger partial charge in [0.2, 0.25) is 0 Å². The van der Waals surface area contributed by atoms with E-state index in [9.17, 15) is 5.26 Å². The van der Waals surface area contributed by atoms with E-state index >= 15 is 0 Å². The average Bonchev–Trinajstić information content (AvgIpc) is 3.16. The number of aromatic nitrogens is 1. The summed E-state index contributed by atoms with van der Waals surface area (Å²) in [5.41, 5.74) is 5.03. The second kappa shape index (κ2) is 9.11. The zero-order valence-corrected chi connectivity index (χ0v) is 17.5. The lowest BCUT2D eigenvalue weighted by Crippen LogP contribution is -1.86. The van der Waals surface area contributed by atoms with Gasteiger partial charge in [0.05, 0.1) is 11.3 Å². The molecule has 0 saturated carbocycles. The number of hydrogen-bond acceptors (Lipinski definition) is 3. The number of benzene rings is 2. The van der Waals surface area contributed by atoms with Crippen LogP contribution in [0.2, 0.25) is 0 Å². The molecule has 2 aromatic carbocycles. The third kappa shape index (κ3) is 4.60. The number of thiazole rings is 1. The van der Waals surface area contributed by atoms with Crippen molar-refractivity contribution < 1.29 is 0 Å². The topological polar surface area (TPSA) is 36.7 Å². The summed E-state index contributed by atoms with van der Waals surface area (Å²) in [4.78, 5) is 4.69. The van der Waals surface area contributed by atoms with Crippen molar-refractivity contribution in [1.29, 1.82) is 5.26 Å². The van der Waals surface area contributed by atoms with Crippen LogP contribution in [0.3, 0.4) is 0 Å². The van der Waals surface area contributed by atoms with Crippen LogP contribution in [0.15, 0.2) is 53.9 Å². The molecule has 130 valence electrons. The fourth-order valence-electron chi connectivity index (χ4n) is 2.64. The molecule has 0 aliphatic heterocycles. The standard InChI is InChI=1S/C22H19IN2S/c1-2-3-6-16-9-11-17(12-10-16)21-15-26-22(25-21)19(14-24)13-18-7-4-5-8-20(18)23/h4-5,7-13,15H,2-3,6H2,1H3/b19-13+. The minimum atomic E-state index is 0.602. The summed E-state index contributed by atoms with van der Waals surface area (Å²) < 4.78 is 1.12. The van der Waals surface area contributed by atoms with Gasteiger partial charge < -0.3 is 0 Å². The summed E-state index contributed by atoms with van der Waals surface area (Å²) >= 11 is 3.80. The highest BCUT2D eigenvalue weighted by Crippen LogP contribution is 2.28. The minimum Gasteiger partial charge on any atom is -0.235 e. The van der Waals surface area contributed by atoms with Crippen LogP contribution in [-0.2, 0) is 6.42 Å². The predicted octanol–water partition coefficient (Wildman–Crippen LogP) is 6.82. The molecule has 0 N–H and O–H groups in total. The Labute approximate surface area is 172 Å². The number of unbranched alkanes of at least 4 members (excludes halogenated alkanes) is 1. The molecule has 0 bridgehead atoms. The Morgan fingerprint density at radius 1 is 1.19 bits per heavy atom. The number of nitriles is 1. The summed E-state index contributed by atoms with van der Waals surface area (Å²) in [5, 5.41) is 12.4. The summed E-state index contributed by atoms with van der Waals surface area (Å²) in [6, 6.07) is 18.9. The molecule has 0 aliphatic rings. The number of rotatable bonds is 6. The molecule has 0 aliphatic carbocycles. The lowest BCUT2D eigenvalue weighted by atomic mass is 10.1. The van der Waals surface area contributed by atoms with Gasteiger partial charge in [-0.05, 0) is 58.7 Å². The van der Waals surface area contributed by atoms with Crippen molar-refractivity contribution in [3.63, 3.8) is 0 Å². The highest BCUT2D eigenvalue weighted by atomic mass is 127. The van der Waals surface area contributed by atoms with Crippen molar-refractivity contribution in [3.05, 3.63) is 73.6 Å². The van der Waals surface area contributed by atoms with Crippen LogP contribution in [0.5, 0.6) is 0 Å². The predicted molar refractivity (Wildman–Crippen MR) is 119 cm³/mol. The molecule has 1 aromatic heterocycles. The lowest BCUT2D eigenvalue weighted by Gasteiger charge is -2.02. The minimum absolute atomic E-state index is 0.602. The Morgan fingerprint density at radius 2 is 1.96 bits per heavy atom. The maximum absolute atomic E-state index is 9.58. The van der Waals surface area contributed by atoms with Crippen LogP contribution in [-0.4, -0.2) is 4.98 Å². The molecule has 26 heavy (non-hydrogen) atoms. The second-order valence-corrected chi connectivity index (χ2v) is 8.05. The Balaban J connectivity index is 1.84. The summed E-state index contributed by atoms with van der Waals surface area (Å²) in [7, 11) is 0. The van der Waals surface area contributed by atoms with Crippen molar-refractivity contribution in [2.24, 2.45) is 0 Å². The van der Waals surface area contributed by atoms with Crippen molar-refractivity contribution in [3.8, 4) is 17.3 Å². The molecule has 3 rings (SSSR count). The third-order valence-corrected chi connectivity index (χ3v) is 5.99. The Morgan fingerprint density at radius 3 is 2.65 bits per heavy atom. The van der Waals surface area contributed by atoms with E-state index in [0.717, 1.165) is 31.8 Å². The average molecular weight is 470 g/mol. The largest absolute Gasteiger partial charge is 0.235 e. The normalized spacial score (nSPS) is 11.3. The lowest BCUT2D eigenvalue weighted by molar-refractivity contribution is 0.795. The quantitative estimate of drug-likeness (QED) is 0.293. The van der Waals surface area contributed by atoms with E-state index in [1.54, 1.807) is 0 Å². The van der Waals surface area contributed by atoms with Gasteiger partial charge >= 0.3 is 0 Å². The first-order valence-electron chi connectivity index (χ1n) is 8.63. The smallest absolute Gasteiger partial charge is 0.134 e. The summed E-state index contributed by atoms with van der Waals surface area (Å²) in [6.07, 6.45) is 5.46. The summed E-state index contributed by atoms with van der Waals surface area (Å²) in [6.45, 7) is 2.21. The second-order valence-electron chi connectivity index (χ2n) is 6.03. The van der Waals surface area contributed by atoms with Crippen molar-refractivity contribution in [1.82, 2.24) is 4.98 Å². The van der Waals surface area contributed by atoms with Crippen molar-refractivity contribution in [2.75, 3.05) is 0 Å². The number of aryl methyl sites for hydroxylation is 1. The molecule has 0 spiro atoms. The van der Waals surface area contributed by atoms with E-state index < -0.39 is 0 Å². The highest BCUT2D eigenvalue weighted by Gasteiger charge is 2.10. The van der Waals surface area contributed by atoms with Crippen LogP contribution in [0, 0.1) is 14.9 Å². The zero-order chi connectivity index (χ0) is 18.4. The van der Waals surface area contributed by atoms with Crippen LogP contribution in [0.4, 0.5) is 0 Å². The Hall–Kier alpha value is -1.97. The highest BCUT2D eigenvalue weighted by molar-refractivity contribution is 14.1. The van der Waals surface area contributed by atoms with Gasteiger partial charge in [0.1, 0.15) is 11.1 Å². The van der Waals surface area contributed by atoms with Gasteiger partial charge in [-0.2, -0.15) is 5.26 Å². The van der Waals surface area contributed by atoms with Gasteiger partial charge in [-0.15, -0.1) is 11.3 Å². The zero-order valence-electron chi connectivity index (χ0n) is 14.6. The van der Waals surface area contributed by atoms with Gasteiger partial charge in [-0.25, -0.2) is 4.98 Å². The molecule has 3 aromatic rings. The molecule has 2 nitrogen and oxygen atoms in total.